The lowest BCUT2D eigenvalue weighted by Gasteiger charge is -2.29. The van der Waals surface area contributed by atoms with Crippen LogP contribution < -0.4 is 24.8 Å². The largest absolute Gasteiger partial charge is 0.475 e. The molecule has 0 saturated carbocycles. The SMILES string of the molecule is Nc1cc(-c2nc3c4c(nc(OC(O)O)nc4c2F)N2CCC=CCC2CO3)c2c(OC(O)(O)O)c(F)c(F)cc2c1. The van der Waals surface area contributed by atoms with E-state index in [1.807, 2.05) is 17.1 Å². The molecule has 220 valence electrons. The quantitative estimate of drug-likeness (QED) is 0.111. The summed E-state index contributed by atoms with van der Waals surface area (Å²) in [7, 11) is 0. The van der Waals surface area contributed by atoms with Gasteiger partial charge in [-0.1, -0.05) is 12.2 Å². The van der Waals surface area contributed by atoms with Gasteiger partial charge in [-0.05, 0) is 36.4 Å². The number of hydrogen-bond donors (Lipinski definition) is 6. The highest BCUT2D eigenvalue weighted by Gasteiger charge is 2.34. The van der Waals surface area contributed by atoms with Crippen molar-refractivity contribution in [2.45, 2.75) is 31.5 Å². The van der Waals surface area contributed by atoms with Crippen molar-refractivity contribution in [3.05, 3.63) is 47.8 Å². The number of ether oxygens (including phenoxy) is 3. The van der Waals surface area contributed by atoms with Crippen molar-refractivity contribution in [2.75, 3.05) is 23.8 Å². The zero-order valence-electron chi connectivity index (χ0n) is 21.3. The van der Waals surface area contributed by atoms with E-state index in [1.165, 1.54) is 6.07 Å². The number of nitrogens with two attached hydrogens (primary N) is 1. The van der Waals surface area contributed by atoms with Crippen LogP contribution in [-0.2, 0) is 0 Å². The predicted octanol–water partition coefficient (Wildman–Crippen LogP) is 1.38. The highest BCUT2D eigenvalue weighted by atomic mass is 19.2. The van der Waals surface area contributed by atoms with E-state index < -0.39 is 58.4 Å². The van der Waals surface area contributed by atoms with Gasteiger partial charge in [0.15, 0.2) is 17.4 Å². The molecule has 2 aliphatic rings. The Hall–Kier alpha value is -4.48. The second-order valence-corrected chi connectivity index (χ2v) is 9.58. The molecule has 0 aliphatic carbocycles. The molecule has 7 N–H and O–H groups in total. The van der Waals surface area contributed by atoms with E-state index in [2.05, 4.69) is 19.7 Å². The summed E-state index contributed by atoms with van der Waals surface area (Å²) in [5, 5.41) is 46.5. The van der Waals surface area contributed by atoms with Gasteiger partial charge in [-0.3, -0.25) is 0 Å². The second kappa shape index (κ2) is 10.1. The summed E-state index contributed by atoms with van der Waals surface area (Å²) >= 11 is 0. The number of aliphatic hydroxyl groups excluding tert-OH is 1. The number of nitrogen functional groups attached to an aromatic ring is 1. The van der Waals surface area contributed by atoms with Gasteiger partial charge in [-0.15, -0.1) is 0 Å². The molecule has 0 spiro atoms. The highest BCUT2D eigenvalue weighted by molar-refractivity contribution is 6.05. The first-order chi connectivity index (χ1) is 19.9. The highest BCUT2D eigenvalue weighted by Crippen LogP contribution is 2.45. The van der Waals surface area contributed by atoms with Crippen molar-refractivity contribution in [3.63, 3.8) is 0 Å². The molecule has 0 fully saturated rings. The van der Waals surface area contributed by atoms with E-state index in [0.29, 0.717) is 25.5 Å². The number of hydrogen-bond acceptors (Lipinski definition) is 13. The second-order valence-electron chi connectivity index (χ2n) is 9.58. The average molecular weight is 589 g/mol. The molecular formula is C26H22F3N5O8. The maximum Gasteiger partial charge on any atom is 0.453 e. The van der Waals surface area contributed by atoms with E-state index >= 15 is 4.39 Å². The first-order valence-electron chi connectivity index (χ1n) is 12.5. The van der Waals surface area contributed by atoms with Crippen LogP contribution in [0.1, 0.15) is 12.8 Å². The Balaban J connectivity index is 1.68. The number of rotatable bonds is 5. The Morgan fingerprint density at radius 3 is 2.55 bits per heavy atom. The summed E-state index contributed by atoms with van der Waals surface area (Å²) in [6.45, 7) is -1.83. The van der Waals surface area contributed by atoms with Crippen LogP contribution >= 0.6 is 0 Å². The van der Waals surface area contributed by atoms with Crippen LogP contribution in [0.25, 0.3) is 32.9 Å². The van der Waals surface area contributed by atoms with Crippen molar-refractivity contribution in [1.29, 1.82) is 0 Å². The third-order valence-corrected chi connectivity index (χ3v) is 6.76. The number of aliphatic hydroxyl groups is 5. The lowest BCUT2D eigenvalue weighted by atomic mass is 9.98. The van der Waals surface area contributed by atoms with E-state index in [1.54, 1.807) is 0 Å². The molecular weight excluding hydrogens is 567 g/mol. The molecule has 0 bridgehead atoms. The molecule has 0 amide bonds. The molecule has 13 nitrogen and oxygen atoms in total. The first-order valence-corrected chi connectivity index (χ1v) is 12.5. The van der Waals surface area contributed by atoms with Gasteiger partial charge in [0.1, 0.15) is 29.0 Å². The molecule has 0 radical (unpaired) electrons. The molecule has 1 unspecified atom stereocenters. The summed E-state index contributed by atoms with van der Waals surface area (Å²) in [6, 6.07) is 2.14. The van der Waals surface area contributed by atoms with Crippen molar-refractivity contribution in [1.82, 2.24) is 15.0 Å². The maximum absolute atomic E-state index is 16.5. The monoisotopic (exact) mass is 589 g/mol. The minimum Gasteiger partial charge on any atom is -0.475 e. The number of pyridine rings is 1. The molecule has 1 atom stereocenters. The zero-order chi connectivity index (χ0) is 29.9. The zero-order valence-corrected chi connectivity index (χ0v) is 21.3. The Morgan fingerprint density at radius 1 is 1.02 bits per heavy atom. The van der Waals surface area contributed by atoms with Gasteiger partial charge >= 0.3 is 18.6 Å². The molecule has 2 aromatic heterocycles. The van der Waals surface area contributed by atoms with Crippen molar-refractivity contribution in [2.24, 2.45) is 0 Å². The number of aromatic nitrogens is 3. The van der Waals surface area contributed by atoms with Crippen molar-refractivity contribution >= 4 is 33.2 Å². The predicted molar refractivity (Wildman–Crippen MR) is 138 cm³/mol. The van der Waals surface area contributed by atoms with Crippen LogP contribution in [-0.4, -0.2) is 72.3 Å². The van der Waals surface area contributed by atoms with Gasteiger partial charge in [-0.25, -0.2) is 13.8 Å². The minimum atomic E-state index is -3.94. The van der Waals surface area contributed by atoms with E-state index in [-0.39, 0.29) is 46.4 Å². The van der Waals surface area contributed by atoms with Crippen LogP contribution in [0.4, 0.5) is 24.7 Å². The molecule has 6 rings (SSSR count). The van der Waals surface area contributed by atoms with E-state index in [4.69, 9.17) is 15.2 Å². The van der Waals surface area contributed by atoms with Crippen molar-refractivity contribution < 1.29 is 52.9 Å². The van der Waals surface area contributed by atoms with Crippen LogP contribution in [0, 0.1) is 17.5 Å². The third kappa shape index (κ3) is 4.84. The maximum atomic E-state index is 16.5. The van der Waals surface area contributed by atoms with Crippen LogP contribution in [0.3, 0.4) is 0 Å². The lowest BCUT2D eigenvalue weighted by molar-refractivity contribution is -0.419. The summed E-state index contributed by atoms with van der Waals surface area (Å²) in [5.74, 6) is -5.57. The standard InChI is InChI=1S/C26H22F3N5O8/c27-14-7-10-6-11(30)8-13(15(10)21(17(14)28)42-26(37,38)39)19-18(29)20-16-22(33-24(32-20)41-25(35)36)34-5-3-1-2-4-12(34)9-40-23(16)31-19/h1-2,6-8,12,25,35-39H,3-5,9,30H2. The number of anilines is 2. The molecule has 4 aromatic rings. The van der Waals surface area contributed by atoms with Gasteiger partial charge in [0.2, 0.25) is 11.7 Å². The first kappa shape index (κ1) is 27.7. The fourth-order valence-corrected chi connectivity index (χ4v) is 5.14. The van der Waals surface area contributed by atoms with Gasteiger partial charge in [0.05, 0.1) is 6.04 Å². The molecule has 0 saturated heterocycles. The van der Waals surface area contributed by atoms with Gasteiger partial charge < -0.3 is 50.4 Å². The van der Waals surface area contributed by atoms with Crippen molar-refractivity contribution in [3.8, 4) is 28.9 Å². The van der Waals surface area contributed by atoms with Crippen LogP contribution in [0.15, 0.2) is 30.4 Å². The number of benzene rings is 2. The van der Waals surface area contributed by atoms with Gasteiger partial charge in [-0.2, -0.15) is 14.4 Å². The topological polar surface area (TPSA) is 197 Å². The molecule has 4 heterocycles. The average Bonchev–Trinajstić information content (AvgIpc) is 3.21. The minimum absolute atomic E-state index is 0.0300. The molecule has 42 heavy (non-hydrogen) atoms. The number of fused-ring (bicyclic) bond motifs is 3. The number of nitrogens with zero attached hydrogens (tertiary/aromatic N) is 4. The fraction of sp³-hybridized carbons (Fsp3) is 0.269. The normalized spacial score (nSPS) is 16.8. The Morgan fingerprint density at radius 2 is 1.81 bits per heavy atom. The number of halogens is 3. The Kier molecular flexibility index (Phi) is 6.66. The third-order valence-electron chi connectivity index (χ3n) is 6.76. The van der Waals surface area contributed by atoms with Gasteiger partial charge in [0.25, 0.3) is 0 Å². The lowest BCUT2D eigenvalue weighted by Crippen LogP contribution is -2.38. The fourth-order valence-electron chi connectivity index (χ4n) is 5.14. The summed E-state index contributed by atoms with van der Waals surface area (Å²) in [4.78, 5) is 14.5. The van der Waals surface area contributed by atoms with E-state index in [9.17, 15) is 34.3 Å². The van der Waals surface area contributed by atoms with Crippen LogP contribution in [0.5, 0.6) is 17.6 Å². The summed E-state index contributed by atoms with van der Waals surface area (Å²) in [6.07, 6.45) is 1.13. The molecule has 2 aliphatic heterocycles. The summed E-state index contributed by atoms with van der Waals surface area (Å²) in [5.41, 5.74) is 4.61. The van der Waals surface area contributed by atoms with E-state index in [0.717, 1.165) is 6.07 Å². The smallest absolute Gasteiger partial charge is 0.453 e. The molecule has 16 heteroatoms. The van der Waals surface area contributed by atoms with Crippen LogP contribution in [0.2, 0.25) is 0 Å². The Bertz CT molecular complexity index is 1770. The molecule has 2 aromatic carbocycles. The Labute approximate surface area is 233 Å². The summed E-state index contributed by atoms with van der Waals surface area (Å²) < 4.78 is 61.3. The van der Waals surface area contributed by atoms with Gasteiger partial charge in [0, 0.05) is 23.2 Å².